The molecule has 0 bridgehead atoms. The number of aryl methyl sites for hydroxylation is 2. The van der Waals surface area contributed by atoms with Crippen LogP contribution in [0.3, 0.4) is 0 Å². The quantitative estimate of drug-likeness (QED) is 0.708. The number of fused-ring (bicyclic) bond motifs is 1. The van der Waals surface area contributed by atoms with Gasteiger partial charge in [-0.05, 0) is 38.3 Å². The molecule has 4 rings (SSSR count). The highest BCUT2D eigenvalue weighted by atomic mass is 32.2. The van der Waals surface area contributed by atoms with E-state index in [1.807, 2.05) is 13.0 Å². The summed E-state index contributed by atoms with van der Waals surface area (Å²) in [6.45, 7) is 4.15. The van der Waals surface area contributed by atoms with Crippen molar-refractivity contribution in [1.29, 1.82) is 0 Å². The highest BCUT2D eigenvalue weighted by molar-refractivity contribution is 7.89. The van der Waals surface area contributed by atoms with Gasteiger partial charge in [0.2, 0.25) is 0 Å². The molecule has 1 fully saturated rings. The summed E-state index contributed by atoms with van der Waals surface area (Å²) in [5.41, 5.74) is 1.29. The molecule has 0 unspecified atom stereocenters. The van der Waals surface area contributed by atoms with E-state index in [1.54, 1.807) is 29.3 Å². The molecule has 0 saturated carbocycles. The standard InChI is InChI=1S/C17H22N6O3S/c1-12-8-15-19-11-20-23(15)10-14(12)17(24)4-6-22(7-5-17)27(25,26)16-9-18-13(2)21(16)3/h8-11,24H,4-7H2,1-3H3. The first kappa shape index (κ1) is 18.1. The lowest BCUT2D eigenvalue weighted by molar-refractivity contribution is -0.0106. The van der Waals surface area contributed by atoms with E-state index in [-0.39, 0.29) is 18.1 Å². The van der Waals surface area contributed by atoms with Gasteiger partial charge >= 0.3 is 0 Å². The third kappa shape index (κ3) is 2.84. The Morgan fingerprint density at radius 3 is 2.52 bits per heavy atom. The highest BCUT2D eigenvalue weighted by Gasteiger charge is 2.40. The van der Waals surface area contributed by atoms with Crippen LogP contribution >= 0.6 is 0 Å². The fourth-order valence-corrected chi connectivity index (χ4v) is 5.26. The fourth-order valence-electron chi connectivity index (χ4n) is 3.66. The minimum absolute atomic E-state index is 0.172. The topological polar surface area (TPSA) is 106 Å². The van der Waals surface area contributed by atoms with Crippen LogP contribution in [0.1, 0.15) is 29.8 Å². The van der Waals surface area contributed by atoms with Crippen LogP contribution in [0.2, 0.25) is 0 Å². The molecular formula is C17H22N6O3S. The van der Waals surface area contributed by atoms with Gasteiger partial charge in [-0.15, -0.1) is 0 Å². The largest absolute Gasteiger partial charge is 0.385 e. The maximum absolute atomic E-state index is 12.9. The summed E-state index contributed by atoms with van der Waals surface area (Å²) in [5.74, 6) is 0.638. The van der Waals surface area contributed by atoms with Crippen molar-refractivity contribution in [3.8, 4) is 0 Å². The number of pyridine rings is 1. The molecule has 1 saturated heterocycles. The molecule has 1 N–H and O–H groups in total. The molecule has 0 aliphatic carbocycles. The number of hydrogen-bond acceptors (Lipinski definition) is 6. The summed E-state index contributed by atoms with van der Waals surface area (Å²) in [7, 11) is -1.96. The molecule has 144 valence electrons. The second kappa shape index (κ2) is 6.11. The van der Waals surface area contributed by atoms with Crippen LogP contribution < -0.4 is 0 Å². The summed E-state index contributed by atoms with van der Waals surface area (Å²) in [6.07, 6.45) is 5.25. The van der Waals surface area contributed by atoms with Crippen molar-refractivity contribution < 1.29 is 13.5 Å². The molecule has 0 amide bonds. The number of aromatic nitrogens is 5. The Balaban J connectivity index is 1.60. The number of imidazole rings is 1. The van der Waals surface area contributed by atoms with Crippen molar-refractivity contribution in [3.63, 3.8) is 0 Å². The Hall–Kier alpha value is -2.30. The van der Waals surface area contributed by atoms with Gasteiger partial charge in [0.25, 0.3) is 10.0 Å². The van der Waals surface area contributed by atoms with Crippen molar-refractivity contribution in [1.82, 2.24) is 28.5 Å². The molecule has 3 aromatic heterocycles. The van der Waals surface area contributed by atoms with E-state index < -0.39 is 15.6 Å². The average molecular weight is 390 g/mol. The van der Waals surface area contributed by atoms with Crippen LogP contribution in [0.4, 0.5) is 0 Å². The van der Waals surface area contributed by atoms with Gasteiger partial charge in [-0.2, -0.15) is 9.40 Å². The lowest BCUT2D eigenvalue weighted by Crippen LogP contribution is -2.45. The van der Waals surface area contributed by atoms with Gasteiger partial charge in [0.05, 0.1) is 11.8 Å². The van der Waals surface area contributed by atoms with Crippen molar-refractivity contribution in [2.24, 2.45) is 7.05 Å². The third-order valence-corrected chi connectivity index (χ3v) is 7.41. The number of hydrogen-bond donors (Lipinski definition) is 1. The van der Waals surface area contributed by atoms with Crippen molar-refractivity contribution in [2.45, 2.75) is 37.3 Å². The number of sulfonamides is 1. The van der Waals surface area contributed by atoms with Crippen LogP contribution in [0.5, 0.6) is 0 Å². The van der Waals surface area contributed by atoms with Crippen molar-refractivity contribution in [3.05, 3.63) is 41.7 Å². The molecule has 3 aromatic rings. The zero-order chi connectivity index (χ0) is 19.4. The van der Waals surface area contributed by atoms with E-state index in [1.165, 1.54) is 16.8 Å². The molecule has 0 radical (unpaired) electrons. The molecule has 1 aliphatic rings. The van der Waals surface area contributed by atoms with E-state index in [0.29, 0.717) is 24.3 Å². The smallest absolute Gasteiger partial charge is 0.260 e. The summed E-state index contributed by atoms with van der Waals surface area (Å²) in [4.78, 5) is 8.23. The summed E-state index contributed by atoms with van der Waals surface area (Å²) >= 11 is 0. The van der Waals surface area contributed by atoms with Crippen molar-refractivity contribution in [2.75, 3.05) is 13.1 Å². The monoisotopic (exact) mass is 390 g/mol. The van der Waals surface area contributed by atoms with E-state index >= 15 is 0 Å². The minimum atomic E-state index is -3.64. The normalized spacial score (nSPS) is 18.2. The second-order valence-electron chi connectivity index (χ2n) is 7.07. The van der Waals surface area contributed by atoms with E-state index in [2.05, 4.69) is 15.1 Å². The predicted octanol–water partition coefficient (Wildman–Crippen LogP) is 0.752. The summed E-state index contributed by atoms with van der Waals surface area (Å²) in [5, 5.41) is 15.5. The third-order valence-electron chi connectivity index (χ3n) is 5.46. The summed E-state index contributed by atoms with van der Waals surface area (Å²) in [6, 6.07) is 1.88. The Kier molecular flexibility index (Phi) is 4.09. The van der Waals surface area contributed by atoms with E-state index in [4.69, 9.17) is 0 Å². The molecule has 9 nitrogen and oxygen atoms in total. The molecule has 27 heavy (non-hydrogen) atoms. The van der Waals surface area contributed by atoms with Crippen LogP contribution in [-0.2, 0) is 22.7 Å². The van der Waals surface area contributed by atoms with Gasteiger partial charge < -0.3 is 9.67 Å². The number of nitrogens with zero attached hydrogens (tertiary/aromatic N) is 6. The van der Waals surface area contributed by atoms with Crippen LogP contribution in [0, 0.1) is 13.8 Å². The van der Waals surface area contributed by atoms with E-state index in [0.717, 1.165) is 11.1 Å². The maximum atomic E-state index is 12.9. The van der Waals surface area contributed by atoms with E-state index in [9.17, 15) is 13.5 Å². The molecule has 0 atom stereocenters. The van der Waals surface area contributed by atoms with Gasteiger partial charge in [-0.25, -0.2) is 22.9 Å². The number of rotatable bonds is 3. The van der Waals surface area contributed by atoms with Gasteiger partial charge in [-0.3, -0.25) is 0 Å². The van der Waals surface area contributed by atoms with Crippen LogP contribution in [0.15, 0.2) is 29.8 Å². The molecule has 10 heteroatoms. The van der Waals surface area contributed by atoms with Crippen molar-refractivity contribution >= 4 is 15.7 Å². The molecule has 0 aromatic carbocycles. The van der Waals surface area contributed by atoms with Gasteiger partial charge in [-0.1, -0.05) is 0 Å². The number of piperidine rings is 1. The zero-order valence-electron chi connectivity index (χ0n) is 15.5. The number of aliphatic hydroxyl groups is 1. The average Bonchev–Trinajstić information content (AvgIpc) is 3.21. The predicted molar refractivity (Wildman–Crippen MR) is 97.6 cm³/mol. The molecular weight excluding hydrogens is 368 g/mol. The second-order valence-corrected chi connectivity index (χ2v) is 8.96. The van der Waals surface area contributed by atoms with Crippen LogP contribution in [0.25, 0.3) is 5.65 Å². The van der Waals surface area contributed by atoms with Gasteiger partial charge in [0.1, 0.15) is 12.2 Å². The first-order valence-electron chi connectivity index (χ1n) is 8.74. The zero-order valence-corrected chi connectivity index (χ0v) is 16.3. The Labute approximate surface area is 157 Å². The molecule has 0 spiro atoms. The first-order chi connectivity index (χ1) is 12.7. The Morgan fingerprint density at radius 2 is 1.89 bits per heavy atom. The van der Waals surface area contributed by atoms with Crippen LogP contribution in [-0.4, -0.2) is 55.1 Å². The lowest BCUT2D eigenvalue weighted by Gasteiger charge is -2.38. The molecule has 4 heterocycles. The highest BCUT2D eigenvalue weighted by Crippen LogP contribution is 2.36. The van der Waals surface area contributed by atoms with Gasteiger partial charge in [0, 0.05) is 31.9 Å². The fraction of sp³-hybridized carbons (Fsp3) is 0.471. The first-order valence-corrected chi connectivity index (χ1v) is 10.2. The Bertz CT molecular complexity index is 1110. The summed E-state index contributed by atoms with van der Waals surface area (Å²) < 4.78 is 30.5. The lowest BCUT2D eigenvalue weighted by atomic mass is 9.84. The Morgan fingerprint density at radius 1 is 1.19 bits per heavy atom. The van der Waals surface area contributed by atoms with Gasteiger partial charge in [0.15, 0.2) is 10.7 Å². The SMILES string of the molecule is Cc1cc2ncnn2cc1C1(O)CCN(S(=O)(=O)c2cnc(C)n2C)CC1. The minimum Gasteiger partial charge on any atom is -0.385 e. The molecule has 1 aliphatic heterocycles. The maximum Gasteiger partial charge on any atom is 0.260 e.